The fourth-order valence-electron chi connectivity index (χ4n) is 3.89. The van der Waals surface area contributed by atoms with Crippen molar-refractivity contribution in [2.24, 2.45) is 23.7 Å². The third kappa shape index (κ3) is 7.68. The average Bonchev–Trinajstić information content (AvgIpc) is 3.33. The molecule has 2 rings (SSSR count). The number of hydrogen-bond acceptors (Lipinski definition) is 5. The quantitative estimate of drug-likeness (QED) is 0.458. The fraction of sp³-hybridized carbons (Fsp3) is 0.864. The summed E-state index contributed by atoms with van der Waals surface area (Å²) in [7, 11) is 0. The van der Waals surface area contributed by atoms with Crippen molar-refractivity contribution >= 4 is 18.0 Å². The van der Waals surface area contributed by atoms with Crippen LogP contribution in [0.4, 0.5) is 18.0 Å². The summed E-state index contributed by atoms with van der Waals surface area (Å²) in [5.41, 5.74) is -0.800. The Morgan fingerprint density at radius 1 is 1.16 bits per heavy atom. The van der Waals surface area contributed by atoms with E-state index in [4.69, 9.17) is 9.47 Å². The van der Waals surface area contributed by atoms with Crippen LogP contribution in [0.2, 0.25) is 0 Å². The van der Waals surface area contributed by atoms with Gasteiger partial charge in [-0.2, -0.15) is 13.2 Å². The number of carbonyl (C=O) groups is 3. The van der Waals surface area contributed by atoms with Gasteiger partial charge in [-0.25, -0.2) is 9.69 Å². The molecular formula is C22H34F3NO5. The van der Waals surface area contributed by atoms with E-state index in [1.165, 1.54) is 0 Å². The molecule has 1 saturated carbocycles. The van der Waals surface area contributed by atoms with Crippen LogP contribution in [0.1, 0.15) is 73.1 Å². The Kier molecular flexibility index (Phi) is 8.03. The zero-order valence-electron chi connectivity index (χ0n) is 19.0. The van der Waals surface area contributed by atoms with Gasteiger partial charge >= 0.3 is 18.2 Å². The lowest BCUT2D eigenvalue weighted by atomic mass is 9.82. The molecule has 0 radical (unpaired) electrons. The minimum Gasteiger partial charge on any atom is -0.460 e. The van der Waals surface area contributed by atoms with Crippen molar-refractivity contribution in [2.75, 3.05) is 6.61 Å². The van der Waals surface area contributed by atoms with E-state index in [1.54, 1.807) is 20.8 Å². The van der Waals surface area contributed by atoms with E-state index in [2.05, 4.69) is 0 Å². The Morgan fingerprint density at radius 2 is 1.77 bits per heavy atom. The van der Waals surface area contributed by atoms with Gasteiger partial charge in [-0.05, 0) is 51.9 Å². The lowest BCUT2D eigenvalue weighted by Gasteiger charge is -2.32. The second-order valence-corrected chi connectivity index (χ2v) is 10.0. The van der Waals surface area contributed by atoms with Crippen LogP contribution >= 0.6 is 0 Å². The SMILES string of the molecule is CC(C)C1COC(=O)N1C(=O)C(CCCC(F)(F)F)C(CC1CC1)C(=O)OC(C)(C)C. The van der Waals surface area contributed by atoms with Crippen LogP contribution in [-0.4, -0.2) is 47.3 Å². The van der Waals surface area contributed by atoms with Crippen LogP contribution < -0.4 is 0 Å². The summed E-state index contributed by atoms with van der Waals surface area (Å²) in [5, 5.41) is 0. The Morgan fingerprint density at radius 3 is 2.26 bits per heavy atom. The maximum atomic E-state index is 13.5. The number of nitrogens with zero attached hydrogens (tertiary/aromatic N) is 1. The van der Waals surface area contributed by atoms with Crippen LogP contribution in [0, 0.1) is 23.7 Å². The molecule has 0 spiro atoms. The number of esters is 1. The molecule has 0 aromatic rings. The monoisotopic (exact) mass is 449 g/mol. The van der Waals surface area contributed by atoms with Crippen LogP contribution in [0.3, 0.4) is 0 Å². The molecule has 0 aromatic heterocycles. The number of carbonyl (C=O) groups excluding carboxylic acids is 3. The second kappa shape index (κ2) is 9.77. The molecule has 178 valence electrons. The minimum absolute atomic E-state index is 0.0389. The first-order chi connectivity index (χ1) is 14.2. The molecule has 31 heavy (non-hydrogen) atoms. The zero-order chi connectivity index (χ0) is 23.6. The first-order valence-electron chi connectivity index (χ1n) is 11.0. The highest BCUT2D eigenvalue weighted by Gasteiger charge is 2.47. The third-order valence-corrected chi connectivity index (χ3v) is 5.68. The summed E-state index contributed by atoms with van der Waals surface area (Å²) < 4.78 is 48.9. The molecule has 3 atom stereocenters. The molecule has 6 nitrogen and oxygen atoms in total. The molecule has 1 saturated heterocycles. The topological polar surface area (TPSA) is 72.9 Å². The predicted molar refractivity (Wildman–Crippen MR) is 107 cm³/mol. The average molecular weight is 450 g/mol. The van der Waals surface area contributed by atoms with E-state index in [0.29, 0.717) is 6.42 Å². The Bertz CT molecular complexity index is 667. The van der Waals surface area contributed by atoms with E-state index in [-0.39, 0.29) is 31.3 Å². The molecule has 1 aliphatic carbocycles. The van der Waals surface area contributed by atoms with Gasteiger partial charge in [0.25, 0.3) is 0 Å². The summed E-state index contributed by atoms with van der Waals surface area (Å²) in [6.45, 7) is 8.81. The van der Waals surface area contributed by atoms with E-state index in [0.717, 1.165) is 17.7 Å². The highest BCUT2D eigenvalue weighted by atomic mass is 19.4. The number of amides is 2. The molecule has 2 aliphatic rings. The first kappa shape index (κ1) is 25.5. The number of halogens is 3. The molecule has 1 aliphatic heterocycles. The van der Waals surface area contributed by atoms with Crippen molar-refractivity contribution in [2.45, 2.75) is 91.0 Å². The largest absolute Gasteiger partial charge is 0.460 e. The first-order valence-corrected chi connectivity index (χ1v) is 11.0. The van der Waals surface area contributed by atoms with Crippen LogP contribution in [-0.2, 0) is 19.1 Å². The van der Waals surface area contributed by atoms with Gasteiger partial charge in [0.1, 0.15) is 12.2 Å². The standard InChI is InChI=1S/C22H34F3NO5/c1-13(2)17-12-30-20(29)26(17)18(27)15(7-6-10-22(23,24)25)16(11-14-8-9-14)19(28)31-21(3,4)5/h13-17H,6-12H2,1-5H3. The highest BCUT2D eigenvalue weighted by Crippen LogP contribution is 2.41. The smallest absolute Gasteiger partial charge is 0.416 e. The molecule has 9 heteroatoms. The van der Waals surface area contributed by atoms with Gasteiger partial charge in [0.05, 0.1) is 17.9 Å². The molecule has 3 unspecified atom stereocenters. The summed E-state index contributed by atoms with van der Waals surface area (Å²) >= 11 is 0. The zero-order valence-corrected chi connectivity index (χ0v) is 19.0. The maximum absolute atomic E-state index is 13.5. The number of cyclic esters (lactones) is 1. The molecule has 0 bridgehead atoms. The van der Waals surface area contributed by atoms with Gasteiger partial charge in [0.15, 0.2) is 0 Å². The fourth-order valence-corrected chi connectivity index (χ4v) is 3.89. The molecule has 1 heterocycles. The summed E-state index contributed by atoms with van der Waals surface area (Å²) in [4.78, 5) is 39.8. The van der Waals surface area contributed by atoms with Crippen molar-refractivity contribution in [3.63, 3.8) is 0 Å². The van der Waals surface area contributed by atoms with Crippen molar-refractivity contribution in [1.82, 2.24) is 4.90 Å². The van der Waals surface area contributed by atoms with Crippen molar-refractivity contribution < 1.29 is 37.0 Å². The van der Waals surface area contributed by atoms with Gasteiger partial charge in [-0.1, -0.05) is 26.7 Å². The third-order valence-electron chi connectivity index (χ3n) is 5.68. The summed E-state index contributed by atoms with van der Waals surface area (Å²) in [6.07, 6.45) is -4.50. The van der Waals surface area contributed by atoms with E-state index in [1.807, 2.05) is 13.8 Å². The Balaban J connectivity index is 2.32. The lowest BCUT2D eigenvalue weighted by Crippen LogP contribution is -2.48. The molecule has 0 aromatic carbocycles. The van der Waals surface area contributed by atoms with Crippen LogP contribution in [0.15, 0.2) is 0 Å². The van der Waals surface area contributed by atoms with Gasteiger partial charge in [-0.15, -0.1) is 0 Å². The van der Waals surface area contributed by atoms with Crippen molar-refractivity contribution in [3.05, 3.63) is 0 Å². The van der Waals surface area contributed by atoms with E-state index in [9.17, 15) is 27.6 Å². The Hall–Kier alpha value is -1.80. The lowest BCUT2D eigenvalue weighted by molar-refractivity contribution is -0.166. The predicted octanol–water partition coefficient (Wildman–Crippen LogP) is 5.10. The maximum Gasteiger partial charge on any atom is 0.416 e. The Labute approximate surface area is 181 Å². The molecule has 2 fully saturated rings. The molecular weight excluding hydrogens is 415 g/mol. The number of rotatable bonds is 9. The van der Waals surface area contributed by atoms with Gasteiger partial charge in [0, 0.05) is 6.42 Å². The summed E-state index contributed by atoms with van der Waals surface area (Å²) in [5.74, 6) is -3.05. The highest BCUT2D eigenvalue weighted by molar-refractivity contribution is 5.96. The second-order valence-electron chi connectivity index (χ2n) is 10.0. The van der Waals surface area contributed by atoms with Crippen molar-refractivity contribution in [3.8, 4) is 0 Å². The molecule has 0 N–H and O–H groups in total. The number of imide groups is 1. The molecule has 2 amide bonds. The van der Waals surface area contributed by atoms with Crippen LogP contribution in [0.5, 0.6) is 0 Å². The number of ether oxygens (including phenoxy) is 2. The van der Waals surface area contributed by atoms with Gasteiger partial charge < -0.3 is 9.47 Å². The van der Waals surface area contributed by atoms with Gasteiger partial charge in [-0.3, -0.25) is 9.59 Å². The number of alkyl halides is 3. The summed E-state index contributed by atoms with van der Waals surface area (Å²) in [6, 6.07) is -0.509. The minimum atomic E-state index is -4.36. The van der Waals surface area contributed by atoms with E-state index < -0.39 is 54.0 Å². The van der Waals surface area contributed by atoms with Crippen LogP contribution in [0.25, 0.3) is 0 Å². The van der Waals surface area contributed by atoms with Gasteiger partial charge in [0.2, 0.25) is 5.91 Å². The van der Waals surface area contributed by atoms with Crippen molar-refractivity contribution in [1.29, 1.82) is 0 Å². The van der Waals surface area contributed by atoms with E-state index >= 15 is 0 Å². The normalized spacial score (nSPS) is 21.8. The number of hydrogen-bond donors (Lipinski definition) is 0.